The molecule has 1 unspecified atom stereocenters. The van der Waals surface area contributed by atoms with Crippen molar-refractivity contribution >= 4 is 35.8 Å². The van der Waals surface area contributed by atoms with Crippen molar-refractivity contribution in [2.45, 2.75) is 20.0 Å². The molecule has 0 aliphatic heterocycles. The van der Waals surface area contributed by atoms with E-state index in [-0.39, 0.29) is 41.8 Å². The topological polar surface area (TPSA) is 74.8 Å². The maximum absolute atomic E-state index is 12.9. The highest BCUT2D eigenvalue weighted by molar-refractivity contribution is 14.0. The van der Waals surface area contributed by atoms with Crippen LogP contribution in [0.3, 0.4) is 0 Å². The van der Waals surface area contributed by atoms with Crippen LogP contribution in [0.2, 0.25) is 0 Å². The van der Waals surface area contributed by atoms with Gasteiger partial charge in [-0.1, -0.05) is 18.2 Å². The van der Waals surface area contributed by atoms with Crippen LogP contribution in [0.5, 0.6) is 5.75 Å². The number of hydrogen-bond donors (Lipinski definition) is 3. The van der Waals surface area contributed by atoms with E-state index in [0.717, 1.165) is 6.54 Å². The fourth-order valence-corrected chi connectivity index (χ4v) is 2.39. The molecular weight excluding hydrogens is 486 g/mol. The summed E-state index contributed by atoms with van der Waals surface area (Å²) in [4.78, 5) is 16.5. The number of nitrogens with zero attached hydrogens (tertiary/aromatic N) is 1. The Kier molecular flexibility index (Phi) is 11.7. The first-order valence-electron chi connectivity index (χ1n) is 9.36. The molecule has 2 aromatic rings. The zero-order valence-corrected chi connectivity index (χ0v) is 19.0. The molecule has 0 heterocycles. The maximum Gasteiger partial charge on any atom is 0.251 e. The Bertz CT molecular complexity index is 757. The lowest BCUT2D eigenvalue weighted by atomic mass is 10.2. The first-order valence-corrected chi connectivity index (χ1v) is 9.36. The Labute approximate surface area is 188 Å². The number of guanidine groups is 1. The van der Waals surface area contributed by atoms with Crippen LogP contribution in [0.1, 0.15) is 24.2 Å². The summed E-state index contributed by atoms with van der Waals surface area (Å²) >= 11 is 0. The molecule has 0 saturated heterocycles. The van der Waals surface area contributed by atoms with Gasteiger partial charge in [-0.15, -0.1) is 24.0 Å². The molecule has 158 valence electrons. The zero-order chi connectivity index (χ0) is 20.2. The fourth-order valence-electron chi connectivity index (χ4n) is 2.39. The van der Waals surface area contributed by atoms with Gasteiger partial charge in [0.2, 0.25) is 0 Å². The van der Waals surface area contributed by atoms with Gasteiger partial charge in [0.15, 0.2) is 5.96 Å². The minimum absolute atomic E-state index is 0. The monoisotopic (exact) mass is 514 g/mol. The number of benzene rings is 2. The largest absolute Gasteiger partial charge is 0.489 e. The maximum atomic E-state index is 12.9. The number of carbonyl (C=O) groups excluding carboxylic acids is 1. The number of ether oxygens (including phenoxy) is 1. The molecule has 0 bridgehead atoms. The van der Waals surface area contributed by atoms with Gasteiger partial charge in [-0.2, -0.15) is 0 Å². The zero-order valence-electron chi connectivity index (χ0n) is 16.7. The van der Waals surface area contributed by atoms with Crippen molar-refractivity contribution < 1.29 is 13.9 Å². The van der Waals surface area contributed by atoms with Crippen molar-refractivity contribution in [1.29, 1.82) is 0 Å². The third-order valence-corrected chi connectivity index (χ3v) is 3.74. The highest BCUT2D eigenvalue weighted by Gasteiger charge is 2.06. The number of carbonyl (C=O) groups is 1. The summed E-state index contributed by atoms with van der Waals surface area (Å²) in [6.45, 7) is 6.04. The summed E-state index contributed by atoms with van der Waals surface area (Å²) < 4.78 is 18.7. The summed E-state index contributed by atoms with van der Waals surface area (Å²) in [5.74, 6) is 0.846. The van der Waals surface area contributed by atoms with Crippen LogP contribution in [-0.2, 0) is 0 Å². The van der Waals surface area contributed by atoms with E-state index >= 15 is 0 Å². The van der Waals surface area contributed by atoms with Gasteiger partial charge in [-0.3, -0.25) is 4.79 Å². The molecule has 0 fully saturated rings. The second-order valence-corrected chi connectivity index (χ2v) is 6.15. The molecule has 0 aromatic heterocycles. The molecule has 8 heteroatoms. The van der Waals surface area contributed by atoms with Crippen LogP contribution in [0, 0.1) is 5.82 Å². The molecule has 1 atom stereocenters. The Morgan fingerprint density at radius 2 is 1.69 bits per heavy atom. The normalized spacial score (nSPS) is 11.8. The molecule has 0 aliphatic rings. The summed E-state index contributed by atoms with van der Waals surface area (Å²) in [7, 11) is 0. The summed E-state index contributed by atoms with van der Waals surface area (Å²) in [6.07, 6.45) is -0.168. The van der Waals surface area contributed by atoms with Crippen LogP contribution in [0.15, 0.2) is 59.6 Å². The molecular formula is C21H28FIN4O2. The standard InChI is InChI=1S/C21H27FN4O2.HI/c1-3-23-21(25-14-13-24-20(27)17-7-5-4-6-8-17)26-15-16(2)28-19-11-9-18(22)10-12-19;/h4-12,16H,3,13-15H2,1-2H3,(H,24,27)(H2,23,25,26);1H. The lowest BCUT2D eigenvalue weighted by Gasteiger charge is -2.15. The Morgan fingerprint density at radius 1 is 1.03 bits per heavy atom. The molecule has 0 spiro atoms. The number of aliphatic imine (C=N–C) groups is 1. The molecule has 3 N–H and O–H groups in total. The molecule has 0 saturated carbocycles. The van der Waals surface area contributed by atoms with Gasteiger partial charge in [0.25, 0.3) is 5.91 Å². The molecule has 6 nitrogen and oxygen atoms in total. The van der Waals surface area contributed by atoms with E-state index in [2.05, 4.69) is 20.9 Å². The third-order valence-electron chi connectivity index (χ3n) is 3.74. The van der Waals surface area contributed by atoms with Crippen molar-refractivity contribution in [2.24, 2.45) is 4.99 Å². The van der Waals surface area contributed by atoms with E-state index < -0.39 is 0 Å². The number of halogens is 2. The quantitative estimate of drug-likeness (QED) is 0.208. The van der Waals surface area contributed by atoms with Crippen molar-refractivity contribution in [3.05, 3.63) is 66.0 Å². The van der Waals surface area contributed by atoms with Gasteiger partial charge in [0, 0.05) is 25.2 Å². The first-order chi connectivity index (χ1) is 13.6. The minimum atomic E-state index is -0.295. The average molecular weight is 514 g/mol. The predicted octanol–water partition coefficient (Wildman–Crippen LogP) is 3.20. The average Bonchev–Trinajstić information content (AvgIpc) is 2.71. The minimum Gasteiger partial charge on any atom is -0.489 e. The Morgan fingerprint density at radius 3 is 2.34 bits per heavy atom. The van der Waals surface area contributed by atoms with Crippen molar-refractivity contribution in [1.82, 2.24) is 16.0 Å². The molecule has 0 radical (unpaired) electrons. The van der Waals surface area contributed by atoms with Gasteiger partial charge in [-0.05, 0) is 50.2 Å². The van der Waals surface area contributed by atoms with Gasteiger partial charge in [0.1, 0.15) is 17.7 Å². The predicted molar refractivity (Wildman–Crippen MR) is 125 cm³/mol. The summed E-state index contributed by atoms with van der Waals surface area (Å²) in [6, 6.07) is 15.0. The first kappa shape index (κ1) is 24.7. The second kappa shape index (κ2) is 13.8. The summed E-state index contributed by atoms with van der Waals surface area (Å²) in [5, 5.41) is 9.18. The van der Waals surface area contributed by atoms with Crippen molar-refractivity contribution in [3.8, 4) is 5.75 Å². The molecule has 2 rings (SSSR count). The molecule has 2 aromatic carbocycles. The van der Waals surface area contributed by atoms with E-state index in [1.165, 1.54) is 12.1 Å². The molecule has 1 amide bonds. The molecule has 0 aliphatic carbocycles. The Hall–Kier alpha value is -2.36. The van der Waals surface area contributed by atoms with E-state index in [9.17, 15) is 9.18 Å². The SMILES string of the molecule is CCNC(=NCC(C)Oc1ccc(F)cc1)NCCNC(=O)c1ccccc1.I. The van der Waals surface area contributed by atoms with Crippen LogP contribution in [0.4, 0.5) is 4.39 Å². The second-order valence-electron chi connectivity index (χ2n) is 6.15. The van der Waals surface area contributed by atoms with Gasteiger partial charge >= 0.3 is 0 Å². The Balaban J connectivity index is 0.00000420. The van der Waals surface area contributed by atoms with Crippen molar-refractivity contribution in [2.75, 3.05) is 26.2 Å². The lowest BCUT2D eigenvalue weighted by Crippen LogP contribution is -2.42. The highest BCUT2D eigenvalue weighted by Crippen LogP contribution is 2.13. The third kappa shape index (κ3) is 9.60. The van der Waals surface area contributed by atoms with E-state index in [1.54, 1.807) is 24.3 Å². The lowest BCUT2D eigenvalue weighted by molar-refractivity contribution is 0.0954. The van der Waals surface area contributed by atoms with Crippen LogP contribution in [-0.4, -0.2) is 44.1 Å². The van der Waals surface area contributed by atoms with Gasteiger partial charge < -0.3 is 20.7 Å². The number of amides is 1. The van der Waals surface area contributed by atoms with Crippen LogP contribution >= 0.6 is 24.0 Å². The fraction of sp³-hybridized carbons (Fsp3) is 0.333. The van der Waals surface area contributed by atoms with E-state index in [4.69, 9.17) is 4.74 Å². The highest BCUT2D eigenvalue weighted by atomic mass is 127. The van der Waals surface area contributed by atoms with Gasteiger partial charge in [-0.25, -0.2) is 9.38 Å². The van der Waals surface area contributed by atoms with Crippen LogP contribution in [0.25, 0.3) is 0 Å². The molecule has 29 heavy (non-hydrogen) atoms. The number of rotatable bonds is 9. The summed E-state index contributed by atoms with van der Waals surface area (Å²) in [5.41, 5.74) is 0.634. The van der Waals surface area contributed by atoms with E-state index in [0.29, 0.717) is 36.9 Å². The number of hydrogen-bond acceptors (Lipinski definition) is 3. The van der Waals surface area contributed by atoms with Crippen molar-refractivity contribution in [3.63, 3.8) is 0 Å². The van der Waals surface area contributed by atoms with Gasteiger partial charge in [0.05, 0.1) is 6.54 Å². The smallest absolute Gasteiger partial charge is 0.251 e. The van der Waals surface area contributed by atoms with E-state index in [1.807, 2.05) is 32.0 Å². The number of nitrogens with one attached hydrogen (secondary N) is 3. The van der Waals surface area contributed by atoms with Crippen LogP contribution < -0.4 is 20.7 Å².